The Morgan fingerprint density at radius 1 is 1.04 bits per heavy atom. The van der Waals surface area contributed by atoms with Crippen LogP contribution < -0.4 is 9.47 Å². The minimum atomic E-state index is 0.271. The number of carbonyl (C=O) groups is 1. The fraction of sp³-hybridized carbons (Fsp3) is 0.0625. The number of carbonyl (C=O) groups excluding carboxylic acids is 1. The number of ether oxygens (including phenoxy) is 2. The molecule has 0 aliphatic carbocycles. The van der Waals surface area contributed by atoms with E-state index >= 15 is 0 Å². The van der Waals surface area contributed by atoms with Crippen LogP contribution >= 0.6 is 23.2 Å². The van der Waals surface area contributed by atoms with Crippen LogP contribution in [0.2, 0.25) is 10.0 Å². The number of nitrogens with zero attached hydrogens (tertiary/aromatic N) is 2. The largest absolute Gasteiger partial charge is 0.493 e. The van der Waals surface area contributed by atoms with Crippen molar-refractivity contribution in [2.45, 2.75) is 0 Å². The Morgan fingerprint density at radius 3 is 2.48 bits per heavy atom. The molecule has 0 N–H and O–H groups in total. The van der Waals surface area contributed by atoms with Crippen molar-refractivity contribution in [1.82, 2.24) is 9.97 Å². The van der Waals surface area contributed by atoms with Crippen LogP contribution in [0.5, 0.6) is 17.4 Å². The summed E-state index contributed by atoms with van der Waals surface area (Å²) in [6.07, 6.45) is 2.20. The third-order valence-corrected chi connectivity index (χ3v) is 3.82. The zero-order valence-corrected chi connectivity index (χ0v) is 13.4. The minimum Gasteiger partial charge on any atom is -0.493 e. The van der Waals surface area contributed by atoms with Gasteiger partial charge in [0.05, 0.1) is 34.4 Å². The Bertz CT molecular complexity index is 900. The van der Waals surface area contributed by atoms with Gasteiger partial charge in [0.1, 0.15) is 6.29 Å². The molecule has 7 heteroatoms. The van der Waals surface area contributed by atoms with Gasteiger partial charge in [-0.1, -0.05) is 23.2 Å². The molecule has 2 aromatic carbocycles. The fourth-order valence-corrected chi connectivity index (χ4v) is 2.31. The van der Waals surface area contributed by atoms with E-state index in [0.29, 0.717) is 38.1 Å². The molecule has 0 saturated heterocycles. The lowest BCUT2D eigenvalue weighted by Gasteiger charge is -2.10. The van der Waals surface area contributed by atoms with E-state index in [2.05, 4.69) is 9.97 Å². The lowest BCUT2D eigenvalue weighted by molar-refractivity contribution is 0.112. The van der Waals surface area contributed by atoms with Crippen molar-refractivity contribution in [3.05, 3.63) is 52.1 Å². The number of aldehydes is 1. The van der Waals surface area contributed by atoms with Crippen LogP contribution in [0.15, 0.2) is 36.5 Å². The van der Waals surface area contributed by atoms with E-state index in [1.807, 2.05) is 0 Å². The van der Waals surface area contributed by atoms with E-state index in [-0.39, 0.29) is 5.88 Å². The summed E-state index contributed by atoms with van der Waals surface area (Å²) < 4.78 is 10.9. The first-order chi connectivity index (χ1) is 11.1. The number of rotatable bonds is 4. The van der Waals surface area contributed by atoms with Gasteiger partial charge in [-0.2, -0.15) is 0 Å². The van der Waals surface area contributed by atoms with Crippen LogP contribution in [0, 0.1) is 0 Å². The van der Waals surface area contributed by atoms with Gasteiger partial charge in [-0.25, -0.2) is 9.97 Å². The van der Waals surface area contributed by atoms with Crippen molar-refractivity contribution in [3.63, 3.8) is 0 Å². The zero-order valence-electron chi connectivity index (χ0n) is 11.9. The maximum atomic E-state index is 10.8. The van der Waals surface area contributed by atoms with E-state index in [4.69, 9.17) is 32.7 Å². The Hall–Kier alpha value is -2.37. The topological polar surface area (TPSA) is 61.3 Å². The third kappa shape index (κ3) is 3.21. The summed E-state index contributed by atoms with van der Waals surface area (Å²) in [5, 5.41) is 0.798. The maximum Gasteiger partial charge on any atom is 0.238 e. The number of hydrogen-bond donors (Lipinski definition) is 0. The summed E-state index contributed by atoms with van der Waals surface area (Å²) in [6.45, 7) is 0. The number of benzene rings is 2. The first kappa shape index (κ1) is 15.5. The summed E-state index contributed by atoms with van der Waals surface area (Å²) in [5.41, 5.74) is 1.65. The van der Waals surface area contributed by atoms with Crippen molar-refractivity contribution in [3.8, 4) is 17.4 Å². The van der Waals surface area contributed by atoms with Crippen molar-refractivity contribution in [2.75, 3.05) is 7.11 Å². The first-order valence-electron chi connectivity index (χ1n) is 6.53. The van der Waals surface area contributed by atoms with Crippen molar-refractivity contribution in [2.24, 2.45) is 0 Å². The summed E-state index contributed by atoms with van der Waals surface area (Å²) in [6, 6.07) is 8.08. The van der Waals surface area contributed by atoms with Gasteiger partial charge in [-0.15, -0.1) is 0 Å². The van der Waals surface area contributed by atoms with E-state index in [9.17, 15) is 4.79 Å². The molecule has 0 spiro atoms. The second kappa shape index (κ2) is 6.40. The first-order valence-corrected chi connectivity index (χ1v) is 7.29. The van der Waals surface area contributed by atoms with Crippen LogP contribution in [0.1, 0.15) is 10.4 Å². The summed E-state index contributed by atoms with van der Waals surface area (Å²) in [4.78, 5) is 19.4. The van der Waals surface area contributed by atoms with E-state index in [1.54, 1.807) is 30.3 Å². The highest BCUT2D eigenvalue weighted by Crippen LogP contribution is 2.32. The average Bonchev–Trinajstić information content (AvgIpc) is 2.56. The standard InChI is InChI=1S/C16H10Cl2N2O3/c1-22-15-4-9(8-21)2-3-14(15)23-16-7-19-12-5-10(17)11(18)6-13(12)20-16/h2-8H,1H3. The van der Waals surface area contributed by atoms with Gasteiger partial charge < -0.3 is 9.47 Å². The Kier molecular flexibility index (Phi) is 4.32. The Labute approximate surface area is 141 Å². The van der Waals surface area contributed by atoms with E-state index in [1.165, 1.54) is 13.3 Å². The SMILES string of the molecule is COc1cc(C=O)ccc1Oc1cnc2cc(Cl)c(Cl)cc2n1. The number of aromatic nitrogens is 2. The average molecular weight is 349 g/mol. The lowest BCUT2D eigenvalue weighted by atomic mass is 10.2. The molecule has 3 rings (SSSR count). The molecule has 0 aliphatic heterocycles. The van der Waals surface area contributed by atoms with Crippen molar-refractivity contribution in [1.29, 1.82) is 0 Å². The predicted molar refractivity (Wildman–Crippen MR) is 88.0 cm³/mol. The van der Waals surface area contributed by atoms with Gasteiger partial charge in [-0.05, 0) is 30.3 Å². The molecule has 0 bridgehead atoms. The van der Waals surface area contributed by atoms with Gasteiger partial charge in [-0.3, -0.25) is 4.79 Å². The number of fused-ring (bicyclic) bond motifs is 1. The van der Waals surface area contributed by atoms with Crippen molar-refractivity contribution < 1.29 is 14.3 Å². The fourth-order valence-electron chi connectivity index (χ4n) is 1.99. The highest BCUT2D eigenvalue weighted by molar-refractivity contribution is 6.42. The maximum absolute atomic E-state index is 10.8. The van der Waals surface area contributed by atoms with Gasteiger partial charge >= 0.3 is 0 Å². The number of methoxy groups -OCH3 is 1. The quantitative estimate of drug-likeness (QED) is 0.647. The molecule has 3 aromatic rings. The molecule has 0 amide bonds. The van der Waals surface area contributed by atoms with Crippen LogP contribution in [0.25, 0.3) is 11.0 Å². The summed E-state index contributed by atoms with van der Waals surface area (Å²) >= 11 is 11.9. The molecular weight excluding hydrogens is 339 g/mol. The van der Waals surface area contributed by atoms with E-state index in [0.717, 1.165) is 6.29 Å². The van der Waals surface area contributed by atoms with Crippen LogP contribution in [-0.4, -0.2) is 23.4 Å². The summed E-state index contributed by atoms with van der Waals surface area (Å²) in [5.74, 6) is 1.12. The molecule has 0 aliphatic rings. The zero-order chi connectivity index (χ0) is 16.4. The highest BCUT2D eigenvalue weighted by Gasteiger charge is 2.10. The molecule has 0 unspecified atom stereocenters. The third-order valence-electron chi connectivity index (χ3n) is 3.10. The molecular formula is C16H10Cl2N2O3. The molecule has 0 saturated carbocycles. The van der Waals surface area contributed by atoms with Gasteiger partial charge in [0, 0.05) is 5.56 Å². The normalized spacial score (nSPS) is 10.6. The van der Waals surface area contributed by atoms with Gasteiger partial charge in [0.2, 0.25) is 5.88 Å². The number of halogens is 2. The molecule has 1 heterocycles. The minimum absolute atomic E-state index is 0.271. The monoisotopic (exact) mass is 348 g/mol. The van der Waals surface area contributed by atoms with Crippen LogP contribution in [-0.2, 0) is 0 Å². The smallest absolute Gasteiger partial charge is 0.238 e. The molecule has 116 valence electrons. The van der Waals surface area contributed by atoms with E-state index < -0.39 is 0 Å². The van der Waals surface area contributed by atoms with Crippen molar-refractivity contribution >= 4 is 40.5 Å². The molecule has 1 aromatic heterocycles. The number of hydrogen-bond acceptors (Lipinski definition) is 5. The second-order valence-corrected chi connectivity index (χ2v) is 5.41. The van der Waals surface area contributed by atoms with Gasteiger partial charge in [0.25, 0.3) is 0 Å². The lowest BCUT2D eigenvalue weighted by Crippen LogP contribution is -1.95. The molecule has 0 atom stereocenters. The Balaban J connectivity index is 1.98. The highest BCUT2D eigenvalue weighted by atomic mass is 35.5. The Morgan fingerprint density at radius 2 is 1.78 bits per heavy atom. The van der Waals surface area contributed by atoms with Crippen LogP contribution in [0.3, 0.4) is 0 Å². The molecule has 0 radical (unpaired) electrons. The molecule has 23 heavy (non-hydrogen) atoms. The second-order valence-electron chi connectivity index (χ2n) is 4.59. The molecule has 5 nitrogen and oxygen atoms in total. The predicted octanol–water partition coefficient (Wildman–Crippen LogP) is 4.55. The van der Waals surface area contributed by atoms with Crippen LogP contribution in [0.4, 0.5) is 0 Å². The van der Waals surface area contributed by atoms with Gasteiger partial charge in [0.15, 0.2) is 11.5 Å². The summed E-state index contributed by atoms with van der Waals surface area (Å²) in [7, 11) is 1.49. The molecule has 0 fully saturated rings.